The van der Waals surface area contributed by atoms with Crippen LogP contribution in [0.15, 0.2) is 65.8 Å². The van der Waals surface area contributed by atoms with E-state index in [-0.39, 0.29) is 5.91 Å². The highest BCUT2D eigenvalue weighted by atomic mass is 32.2. The largest absolute Gasteiger partial charge is 0.383 e. The maximum Gasteiger partial charge on any atom is 0.233 e. The summed E-state index contributed by atoms with van der Waals surface area (Å²) in [7, 11) is 1.66. The molecule has 3 aromatic rings. The molecule has 33 heavy (non-hydrogen) atoms. The van der Waals surface area contributed by atoms with Gasteiger partial charge in [-0.25, -0.2) is 0 Å². The maximum atomic E-state index is 13.2. The van der Waals surface area contributed by atoms with Gasteiger partial charge in [-0.2, -0.15) is 0 Å². The molecule has 1 aliphatic heterocycles. The number of nitrogens with zero attached hydrogens (tertiary/aromatic N) is 5. The van der Waals surface area contributed by atoms with E-state index >= 15 is 0 Å². The van der Waals surface area contributed by atoms with Crippen LogP contribution in [-0.2, 0) is 16.1 Å². The smallest absolute Gasteiger partial charge is 0.233 e. The fourth-order valence-electron chi connectivity index (χ4n) is 3.97. The summed E-state index contributed by atoms with van der Waals surface area (Å²) in [6.07, 6.45) is 3.58. The van der Waals surface area contributed by atoms with E-state index in [1.165, 1.54) is 18.2 Å². The van der Waals surface area contributed by atoms with Gasteiger partial charge in [0.2, 0.25) is 11.9 Å². The molecule has 8 heteroatoms. The molecule has 0 aliphatic carbocycles. The predicted octanol–water partition coefficient (Wildman–Crippen LogP) is 4.02. The minimum atomic E-state index is 0.0584. The fourth-order valence-corrected chi connectivity index (χ4v) is 4.82. The Balaban J connectivity index is 1.51. The van der Waals surface area contributed by atoms with E-state index in [4.69, 9.17) is 4.74 Å². The van der Waals surface area contributed by atoms with E-state index in [2.05, 4.69) is 31.8 Å². The molecule has 0 N–H and O–H groups in total. The van der Waals surface area contributed by atoms with Gasteiger partial charge in [-0.15, -0.1) is 10.2 Å². The third kappa shape index (κ3) is 6.15. The molecule has 0 saturated carbocycles. The van der Waals surface area contributed by atoms with Crippen molar-refractivity contribution >= 4 is 23.6 Å². The summed E-state index contributed by atoms with van der Waals surface area (Å²) in [6, 6.07) is 20.2. The Labute approximate surface area is 199 Å². The summed E-state index contributed by atoms with van der Waals surface area (Å²) in [5.41, 5.74) is 2.12. The number of hydrogen-bond donors (Lipinski definition) is 0. The Hall–Kier alpha value is -2.84. The van der Waals surface area contributed by atoms with Crippen molar-refractivity contribution in [3.05, 3.63) is 66.2 Å². The van der Waals surface area contributed by atoms with Gasteiger partial charge >= 0.3 is 0 Å². The predicted molar refractivity (Wildman–Crippen MR) is 132 cm³/mol. The second-order valence-corrected chi connectivity index (χ2v) is 9.03. The second-order valence-electron chi connectivity index (χ2n) is 8.08. The Morgan fingerprint density at radius 3 is 2.39 bits per heavy atom. The number of carbonyl (C=O) groups excluding carboxylic acids is 1. The van der Waals surface area contributed by atoms with Crippen molar-refractivity contribution < 1.29 is 9.53 Å². The molecule has 2 heterocycles. The summed E-state index contributed by atoms with van der Waals surface area (Å²) in [4.78, 5) is 17.3. The van der Waals surface area contributed by atoms with E-state index in [0.29, 0.717) is 25.4 Å². The number of hydrogen-bond acceptors (Lipinski definition) is 6. The molecular weight excluding hydrogens is 434 g/mol. The van der Waals surface area contributed by atoms with Crippen LogP contribution in [0.4, 0.5) is 5.95 Å². The van der Waals surface area contributed by atoms with Crippen LogP contribution < -0.4 is 4.90 Å². The third-order valence-corrected chi connectivity index (χ3v) is 6.64. The SMILES string of the molecule is COCCN(Cc1ccccc1)C(=O)CSc1nnc(N2CCCCC2)n1-c1ccccc1. The van der Waals surface area contributed by atoms with Crippen molar-refractivity contribution in [2.24, 2.45) is 0 Å². The van der Waals surface area contributed by atoms with Crippen molar-refractivity contribution in [3.63, 3.8) is 0 Å². The topological polar surface area (TPSA) is 63.5 Å². The summed E-state index contributed by atoms with van der Waals surface area (Å²) < 4.78 is 7.32. The zero-order chi connectivity index (χ0) is 22.9. The Kier molecular flexibility index (Phi) is 8.38. The molecule has 0 radical (unpaired) electrons. The van der Waals surface area contributed by atoms with Gasteiger partial charge in [0.05, 0.1) is 18.0 Å². The Morgan fingerprint density at radius 1 is 1.00 bits per heavy atom. The van der Waals surface area contributed by atoms with Crippen LogP contribution in [0.1, 0.15) is 24.8 Å². The highest BCUT2D eigenvalue weighted by molar-refractivity contribution is 7.99. The van der Waals surface area contributed by atoms with Gasteiger partial charge in [0.15, 0.2) is 5.16 Å². The number of ether oxygens (including phenoxy) is 1. The van der Waals surface area contributed by atoms with Crippen LogP contribution in [-0.4, -0.2) is 64.7 Å². The molecule has 174 valence electrons. The molecule has 0 bridgehead atoms. The zero-order valence-corrected chi connectivity index (χ0v) is 19.9. The molecule has 2 aromatic carbocycles. The quantitative estimate of drug-likeness (QED) is 0.422. The number of amides is 1. The van der Waals surface area contributed by atoms with Crippen molar-refractivity contribution in [1.29, 1.82) is 0 Å². The number of rotatable bonds is 10. The maximum absolute atomic E-state index is 13.2. The van der Waals surface area contributed by atoms with Gasteiger partial charge in [0.25, 0.3) is 0 Å². The number of para-hydroxylation sites is 1. The van der Waals surface area contributed by atoms with Crippen molar-refractivity contribution in [3.8, 4) is 5.69 Å². The first-order valence-electron chi connectivity index (χ1n) is 11.5. The minimum absolute atomic E-state index is 0.0584. The van der Waals surface area contributed by atoms with E-state index in [9.17, 15) is 4.79 Å². The normalized spacial score (nSPS) is 13.8. The molecule has 0 spiro atoms. The number of piperidine rings is 1. The van der Waals surface area contributed by atoms with Crippen LogP contribution in [0.25, 0.3) is 5.69 Å². The molecule has 1 aromatic heterocycles. The highest BCUT2D eigenvalue weighted by Crippen LogP contribution is 2.28. The average Bonchev–Trinajstić information content (AvgIpc) is 3.31. The number of aromatic nitrogens is 3. The standard InChI is InChI=1S/C25H31N5O2S/c1-32-18-17-29(19-21-11-5-2-6-12-21)23(31)20-33-25-27-26-24(28-15-9-4-10-16-28)30(25)22-13-7-3-8-14-22/h2-3,5-8,11-14H,4,9-10,15-20H2,1H3. The van der Waals surface area contributed by atoms with E-state index in [1.807, 2.05) is 53.4 Å². The van der Waals surface area contributed by atoms with E-state index in [1.54, 1.807) is 7.11 Å². The minimum Gasteiger partial charge on any atom is -0.383 e. The average molecular weight is 466 g/mol. The van der Waals surface area contributed by atoms with Gasteiger partial charge in [-0.05, 0) is 37.0 Å². The van der Waals surface area contributed by atoms with Gasteiger partial charge in [-0.1, -0.05) is 60.3 Å². The Bertz CT molecular complexity index is 1010. The van der Waals surface area contributed by atoms with Gasteiger partial charge in [0.1, 0.15) is 0 Å². The highest BCUT2D eigenvalue weighted by Gasteiger charge is 2.23. The van der Waals surface area contributed by atoms with Crippen LogP contribution in [0, 0.1) is 0 Å². The molecular formula is C25H31N5O2S. The number of thioether (sulfide) groups is 1. The number of anilines is 1. The summed E-state index contributed by atoms with van der Waals surface area (Å²) >= 11 is 1.44. The number of benzene rings is 2. The van der Waals surface area contributed by atoms with Gasteiger partial charge < -0.3 is 14.5 Å². The van der Waals surface area contributed by atoms with Crippen molar-refractivity contribution in [2.75, 3.05) is 44.0 Å². The molecule has 7 nitrogen and oxygen atoms in total. The molecule has 4 rings (SSSR count). The first-order chi connectivity index (χ1) is 16.3. The zero-order valence-electron chi connectivity index (χ0n) is 19.1. The van der Waals surface area contributed by atoms with Crippen LogP contribution >= 0.6 is 11.8 Å². The lowest BCUT2D eigenvalue weighted by molar-refractivity contribution is -0.129. The molecule has 1 amide bonds. The lowest BCUT2D eigenvalue weighted by atomic mass is 10.1. The first-order valence-corrected chi connectivity index (χ1v) is 12.4. The number of carbonyl (C=O) groups is 1. The number of methoxy groups -OCH3 is 1. The monoisotopic (exact) mass is 465 g/mol. The van der Waals surface area contributed by atoms with E-state index < -0.39 is 0 Å². The van der Waals surface area contributed by atoms with Crippen LogP contribution in [0.3, 0.4) is 0 Å². The summed E-state index contributed by atoms with van der Waals surface area (Å²) in [6.45, 7) is 3.58. The van der Waals surface area contributed by atoms with E-state index in [0.717, 1.165) is 48.3 Å². The van der Waals surface area contributed by atoms with Crippen molar-refractivity contribution in [1.82, 2.24) is 19.7 Å². The fraction of sp³-hybridized carbons (Fsp3) is 0.400. The third-order valence-electron chi connectivity index (χ3n) is 5.73. The molecule has 1 fully saturated rings. The molecule has 1 aliphatic rings. The second kappa shape index (κ2) is 11.9. The molecule has 1 saturated heterocycles. The van der Waals surface area contributed by atoms with Crippen molar-refractivity contribution in [2.45, 2.75) is 31.0 Å². The van der Waals surface area contributed by atoms with Crippen LogP contribution in [0.5, 0.6) is 0 Å². The first kappa shape index (κ1) is 23.3. The lowest BCUT2D eigenvalue weighted by Crippen LogP contribution is -2.34. The lowest BCUT2D eigenvalue weighted by Gasteiger charge is -2.28. The van der Waals surface area contributed by atoms with Gasteiger partial charge in [0, 0.05) is 33.3 Å². The Morgan fingerprint density at radius 2 is 1.70 bits per heavy atom. The van der Waals surface area contributed by atoms with Gasteiger partial charge in [-0.3, -0.25) is 9.36 Å². The molecule has 0 unspecified atom stereocenters. The van der Waals surface area contributed by atoms with Crippen LogP contribution in [0.2, 0.25) is 0 Å². The molecule has 0 atom stereocenters. The summed E-state index contributed by atoms with van der Waals surface area (Å²) in [5, 5.41) is 9.75. The summed E-state index contributed by atoms with van der Waals surface area (Å²) in [5.74, 6) is 1.21.